The number of hydrogen-bond acceptors (Lipinski definition) is 3. The summed E-state index contributed by atoms with van der Waals surface area (Å²) in [7, 11) is -0.944. The van der Waals surface area contributed by atoms with Gasteiger partial charge in [-0.25, -0.2) is 0 Å². The van der Waals surface area contributed by atoms with Gasteiger partial charge < -0.3 is 14.8 Å². The molecule has 1 heterocycles. The molecule has 3 rings (SSSR count). The van der Waals surface area contributed by atoms with Gasteiger partial charge in [0, 0.05) is 5.39 Å². The van der Waals surface area contributed by atoms with E-state index in [0.29, 0.717) is 6.42 Å². The second-order valence-corrected chi connectivity index (χ2v) is 5.95. The van der Waals surface area contributed by atoms with E-state index >= 15 is 0 Å². The third-order valence-corrected chi connectivity index (χ3v) is 4.35. The van der Waals surface area contributed by atoms with Gasteiger partial charge in [-0.05, 0) is 35.3 Å². The van der Waals surface area contributed by atoms with Crippen molar-refractivity contribution in [3.63, 3.8) is 0 Å². The van der Waals surface area contributed by atoms with Crippen LogP contribution in [0.4, 0.5) is 0 Å². The smallest absolute Gasteiger partial charge is 0.491 e. The molecule has 4 heteroatoms. The van der Waals surface area contributed by atoms with Crippen molar-refractivity contribution in [3.05, 3.63) is 65.7 Å². The summed E-state index contributed by atoms with van der Waals surface area (Å²) in [5.74, 6) is 0.258. The lowest BCUT2D eigenvalue weighted by Crippen LogP contribution is -2.28. The molecule has 3 nitrogen and oxygen atoms in total. The Kier molecular flexibility index (Phi) is 4.55. The monoisotopic (exact) mass is 308 g/mol. The van der Waals surface area contributed by atoms with Crippen molar-refractivity contribution >= 4 is 17.9 Å². The van der Waals surface area contributed by atoms with Crippen molar-refractivity contribution in [1.29, 1.82) is 0 Å². The van der Waals surface area contributed by atoms with Gasteiger partial charge in [0.2, 0.25) is 0 Å². The quantitative estimate of drug-likeness (QED) is 0.828. The van der Waals surface area contributed by atoms with Gasteiger partial charge in [-0.15, -0.1) is 0 Å². The fraction of sp³-hybridized carbons (Fsp3) is 0.263. The predicted molar refractivity (Wildman–Crippen MR) is 94.2 cm³/mol. The molecule has 118 valence electrons. The first kappa shape index (κ1) is 15.8. The van der Waals surface area contributed by atoms with Gasteiger partial charge >= 0.3 is 7.12 Å². The molecular weight excluding hydrogens is 287 g/mol. The van der Waals surface area contributed by atoms with E-state index in [4.69, 9.17) is 4.65 Å². The van der Waals surface area contributed by atoms with Crippen LogP contribution in [0, 0.1) is 0 Å². The van der Waals surface area contributed by atoms with Crippen LogP contribution < -0.4 is 0 Å². The third kappa shape index (κ3) is 3.05. The zero-order valence-electron chi connectivity index (χ0n) is 13.3. The van der Waals surface area contributed by atoms with Crippen molar-refractivity contribution in [2.24, 2.45) is 0 Å². The summed E-state index contributed by atoms with van der Waals surface area (Å²) in [6.45, 7) is 6.13. The number of hydrogen-bond donors (Lipinski definition) is 2. The standard InChI is InChI=1S/C19H21BO3/c1-3-6-13(2)17-10-12-19(23-20(17)22)16-9-11-18(21)15-8-5-4-7-14(15)16/h4-5,7-11,19,21-22H,2-3,6,12H2,1H3. The van der Waals surface area contributed by atoms with E-state index in [0.717, 1.165) is 40.2 Å². The second-order valence-electron chi connectivity index (χ2n) is 5.95. The molecule has 0 amide bonds. The fourth-order valence-corrected chi connectivity index (χ4v) is 3.17. The Morgan fingerprint density at radius 2 is 2.00 bits per heavy atom. The Labute approximate surface area is 137 Å². The predicted octanol–water partition coefficient (Wildman–Crippen LogP) is 4.31. The van der Waals surface area contributed by atoms with Gasteiger partial charge in [-0.1, -0.05) is 61.9 Å². The first-order valence-electron chi connectivity index (χ1n) is 8.04. The minimum Gasteiger partial charge on any atom is -0.507 e. The molecule has 2 N–H and O–H groups in total. The van der Waals surface area contributed by atoms with E-state index in [1.165, 1.54) is 0 Å². The molecule has 0 saturated carbocycles. The van der Waals surface area contributed by atoms with Crippen molar-refractivity contribution in [2.45, 2.75) is 32.3 Å². The van der Waals surface area contributed by atoms with Gasteiger partial charge in [0.1, 0.15) is 5.75 Å². The van der Waals surface area contributed by atoms with E-state index in [2.05, 4.69) is 13.5 Å². The maximum absolute atomic E-state index is 10.3. The molecule has 0 spiro atoms. The topological polar surface area (TPSA) is 49.7 Å². The highest BCUT2D eigenvalue weighted by atomic mass is 16.5. The highest BCUT2D eigenvalue weighted by Crippen LogP contribution is 2.37. The zero-order valence-corrected chi connectivity index (χ0v) is 13.3. The molecule has 0 fully saturated rings. The minimum absolute atomic E-state index is 0.228. The maximum atomic E-state index is 10.3. The van der Waals surface area contributed by atoms with Crippen LogP contribution in [0.1, 0.15) is 37.9 Å². The highest BCUT2D eigenvalue weighted by Gasteiger charge is 2.31. The van der Waals surface area contributed by atoms with Crippen LogP contribution in [-0.4, -0.2) is 17.2 Å². The second kappa shape index (κ2) is 6.61. The SMILES string of the molecule is C=C(CCC)C1=CCC(c2ccc(O)c3ccccc23)OB1O. The number of fused-ring (bicyclic) bond motifs is 1. The van der Waals surface area contributed by atoms with Crippen LogP contribution in [0.25, 0.3) is 10.8 Å². The third-order valence-electron chi connectivity index (χ3n) is 4.35. The average molecular weight is 308 g/mol. The molecule has 0 aromatic heterocycles. The largest absolute Gasteiger partial charge is 0.507 e. The van der Waals surface area contributed by atoms with Crippen molar-refractivity contribution in [2.75, 3.05) is 0 Å². The first-order valence-corrected chi connectivity index (χ1v) is 8.04. The normalized spacial score (nSPS) is 18.1. The number of allylic oxidation sites excluding steroid dienone is 2. The van der Waals surface area contributed by atoms with E-state index in [9.17, 15) is 10.1 Å². The van der Waals surface area contributed by atoms with Crippen LogP contribution in [0.5, 0.6) is 5.75 Å². The molecule has 1 aliphatic rings. The van der Waals surface area contributed by atoms with Gasteiger partial charge in [0.05, 0.1) is 6.10 Å². The van der Waals surface area contributed by atoms with Crippen LogP contribution in [0.15, 0.2) is 60.1 Å². The summed E-state index contributed by atoms with van der Waals surface area (Å²) in [6.07, 6.45) is 4.34. The van der Waals surface area contributed by atoms with Crippen LogP contribution in [0.2, 0.25) is 0 Å². The number of aromatic hydroxyl groups is 1. The summed E-state index contributed by atoms with van der Waals surface area (Å²) < 4.78 is 5.85. The Bertz CT molecular complexity index is 766. The number of rotatable bonds is 4. The Balaban J connectivity index is 1.93. The summed E-state index contributed by atoms with van der Waals surface area (Å²) in [4.78, 5) is 0. The lowest BCUT2D eigenvalue weighted by Gasteiger charge is -2.27. The Hall–Kier alpha value is -2.04. The molecule has 1 atom stereocenters. The number of phenols is 1. The first-order chi connectivity index (χ1) is 11.1. The van der Waals surface area contributed by atoms with Gasteiger partial charge in [0.25, 0.3) is 0 Å². The lowest BCUT2D eigenvalue weighted by atomic mass is 9.70. The molecule has 0 bridgehead atoms. The molecule has 2 aromatic carbocycles. The molecule has 0 radical (unpaired) electrons. The Morgan fingerprint density at radius 1 is 1.26 bits per heavy atom. The summed E-state index contributed by atoms with van der Waals surface area (Å²) in [5, 5.41) is 22.1. The summed E-state index contributed by atoms with van der Waals surface area (Å²) >= 11 is 0. The van der Waals surface area contributed by atoms with Crippen LogP contribution in [-0.2, 0) is 4.65 Å². The average Bonchev–Trinajstić information content (AvgIpc) is 2.55. The minimum atomic E-state index is -0.944. The van der Waals surface area contributed by atoms with Crippen molar-refractivity contribution < 1.29 is 14.8 Å². The molecule has 1 unspecified atom stereocenters. The molecule has 2 aromatic rings. The Morgan fingerprint density at radius 3 is 2.70 bits per heavy atom. The highest BCUT2D eigenvalue weighted by molar-refractivity contribution is 6.54. The van der Waals surface area contributed by atoms with E-state index in [1.54, 1.807) is 6.07 Å². The van der Waals surface area contributed by atoms with E-state index < -0.39 is 7.12 Å². The van der Waals surface area contributed by atoms with Gasteiger partial charge in [-0.2, -0.15) is 0 Å². The van der Waals surface area contributed by atoms with Gasteiger partial charge in [0.15, 0.2) is 0 Å². The molecular formula is C19H21BO3. The summed E-state index contributed by atoms with van der Waals surface area (Å²) in [6, 6.07) is 11.2. The fourth-order valence-electron chi connectivity index (χ4n) is 3.17. The molecule has 23 heavy (non-hydrogen) atoms. The number of phenolic OH excluding ortho intramolecular Hbond substituents is 1. The molecule has 0 aliphatic carbocycles. The van der Waals surface area contributed by atoms with Crippen LogP contribution in [0.3, 0.4) is 0 Å². The van der Waals surface area contributed by atoms with Gasteiger partial charge in [-0.3, -0.25) is 0 Å². The zero-order chi connectivity index (χ0) is 16.4. The van der Waals surface area contributed by atoms with Crippen LogP contribution >= 0.6 is 0 Å². The van der Waals surface area contributed by atoms with E-state index in [-0.39, 0.29) is 11.9 Å². The lowest BCUT2D eigenvalue weighted by molar-refractivity contribution is 0.169. The maximum Gasteiger partial charge on any atom is 0.491 e. The molecule has 1 aliphatic heterocycles. The number of benzene rings is 2. The summed E-state index contributed by atoms with van der Waals surface area (Å²) in [5.41, 5.74) is 2.72. The van der Waals surface area contributed by atoms with Crippen molar-refractivity contribution in [1.82, 2.24) is 0 Å². The van der Waals surface area contributed by atoms with Crippen molar-refractivity contribution in [3.8, 4) is 5.75 Å². The van der Waals surface area contributed by atoms with E-state index in [1.807, 2.05) is 36.4 Å². The molecule has 0 saturated heterocycles.